The molecule has 1 nitrogen and oxygen atoms in total. The van der Waals surface area contributed by atoms with Gasteiger partial charge in [-0.3, -0.25) is 4.79 Å². The number of hydrogen-bond donors (Lipinski definition) is 0. The van der Waals surface area contributed by atoms with E-state index in [9.17, 15) is 9.18 Å². The second-order valence-electron chi connectivity index (χ2n) is 3.20. The van der Waals surface area contributed by atoms with Crippen molar-refractivity contribution in [2.45, 2.75) is 6.92 Å². The first-order valence-electron chi connectivity index (χ1n) is 4.38. The van der Waals surface area contributed by atoms with Crippen molar-refractivity contribution >= 4 is 16.6 Å². The predicted molar refractivity (Wildman–Crippen MR) is 53.9 cm³/mol. The lowest BCUT2D eigenvalue weighted by Gasteiger charge is -2.02. The van der Waals surface area contributed by atoms with Gasteiger partial charge in [-0.1, -0.05) is 30.3 Å². The zero-order chi connectivity index (χ0) is 10.1. The number of rotatable bonds is 1. The molecule has 0 N–H and O–H groups in total. The first-order valence-corrected chi connectivity index (χ1v) is 4.38. The fourth-order valence-corrected chi connectivity index (χ4v) is 1.51. The lowest BCUT2D eigenvalue weighted by Crippen LogP contribution is -1.97. The Hall–Kier alpha value is -1.70. The van der Waals surface area contributed by atoms with Gasteiger partial charge in [-0.2, -0.15) is 0 Å². The number of ketones is 1. The van der Waals surface area contributed by atoms with Gasteiger partial charge in [0.15, 0.2) is 5.78 Å². The second-order valence-corrected chi connectivity index (χ2v) is 3.20. The highest BCUT2D eigenvalue weighted by molar-refractivity contribution is 5.99. The summed E-state index contributed by atoms with van der Waals surface area (Å²) in [7, 11) is 0. The van der Waals surface area contributed by atoms with Gasteiger partial charge < -0.3 is 0 Å². The summed E-state index contributed by atoms with van der Waals surface area (Å²) >= 11 is 0. The highest BCUT2D eigenvalue weighted by Gasteiger charge is 2.09. The van der Waals surface area contributed by atoms with Crippen LogP contribution in [-0.2, 0) is 0 Å². The molecule has 2 aromatic rings. The van der Waals surface area contributed by atoms with Gasteiger partial charge in [0, 0.05) is 5.39 Å². The summed E-state index contributed by atoms with van der Waals surface area (Å²) in [6, 6.07) is 10.4. The van der Waals surface area contributed by atoms with E-state index in [1.165, 1.54) is 13.0 Å². The molecule has 0 aliphatic carbocycles. The Kier molecular flexibility index (Phi) is 2.04. The Balaban J connectivity index is 2.81. The third-order valence-corrected chi connectivity index (χ3v) is 2.24. The molecule has 0 bridgehead atoms. The van der Waals surface area contributed by atoms with E-state index in [2.05, 4.69) is 0 Å². The third-order valence-electron chi connectivity index (χ3n) is 2.24. The largest absolute Gasteiger partial charge is 0.294 e. The summed E-state index contributed by atoms with van der Waals surface area (Å²) in [5, 5.41) is 1.32. The summed E-state index contributed by atoms with van der Waals surface area (Å²) in [5.74, 6) is -0.663. The Morgan fingerprint density at radius 1 is 1.14 bits per heavy atom. The normalized spacial score (nSPS) is 10.4. The highest BCUT2D eigenvalue weighted by Crippen LogP contribution is 2.20. The average molecular weight is 188 g/mol. The average Bonchev–Trinajstić information content (AvgIpc) is 2.18. The van der Waals surface area contributed by atoms with Crippen LogP contribution >= 0.6 is 0 Å². The number of carbonyl (C=O) groups excluding carboxylic acids is 1. The van der Waals surface area contributed by atoms with Gasteiger partial charge in [-0.15, -0.1) is 0 Å². The molecule has 70 valence electrons. The van der Waals surface area contributed by atoms with E-state index in [0.29, 0.717) is 5.39 Å². The van der Waals surface area contributed by atoms with Gasteiger partial charge in [-0.25, -0.2) is 4.39 Å². The molecular weight excluding hydrogens is 179 g/mol. The number of benzene rings is 2. The van der Waals surface area contributed by atoms with Gasteiger partial charge in [0.1, 0.15) is 5.82 Å². The zero-order valence-corrected chi connectivity index (χ0v) is 7.75. The van der Waals surface area contributed by atoms with Crippen molar-refractivity contribution in [3.05, 3.63) is 47.8 Å². The van der Waals surface area contributed by atoms with Crippen molar-refractivity contribution in [3.8, 4) is 0 Å². The molecule has 0 spiro atoms. The highest BCUT2D eigenvalue weighted by atomic mass is 19.1. The number of halogens is 1. The molecule has 0 radical (unpaired) electrons. The molecule has 0 saturated carbocycles. The first-order chi connectivity index (χ1) is 6.70. The van der Waals surface area contributed by atoms with E-state index in [1.807, 2.05) is 12.1 Å². The summed E-state index contributed by atoms with van der Waals surface area (Å²) in [5.41, 5.74) is 0.156. The number of fused-ring (bicyclic) bond motifs is 1. The molecule has 0 saturated heterocycles. The maximum Gasteiger partial charge on any atom is 0.162 e. The van der Waals surface area contributed by atoms with Crippen LogP contribution in [-0.4, -0.2) is 5.78 Å². The van der Waals surface area contributed by atoms with Crippen molar-refractivity contribution < 1.29 is 9.18 Å². The van der Waals surface area contributed by atoms with E-state index in [0.717, 1.165) is 5.39 Å². The molecule has 0 atom stereocenters. The van der Waals surface area contributed by atoms with Crippen LogP contribution in [0.2, 0.25) is 0 Å². The van der Waals surface area contributed by atoms with Crippen molar-refractivity contribution in [1.29, 1.82) is 0 Å². The van der Waals surface area contributed by atoms with Gasteiger partial charge in [0.25, 0.3) is 0 Å². The van der Waals surface area contributed by atoms with Gasteiger partial charge in [0.2, 0.25) is 0 Å². The van der Waals surface area contributed by atoms with Crippen molar-refractivity contribution in [2.75, 3.05) is 0 Å². The van der Waals surface area contributed by atoms with Crippen molar-refractivity contribution in [3.63, 3.8) is 0 Å². The number of Topliss-reactive ketones (excluding diaryl/α,β-unsaturated/α-hetero) is 1. The number of hydrogen-bond acceptors (Lipinski definition) is 1. The second kappa shape index (κ2) is 3.22. The lowest BCUT2D eigenvalue weighted by atomic mass is 10.0. The van der Waals surface area contributed by atoms with E-state index in [1.54, 1.807) is 18.2 Å². The van der Waals surface area contributed by atoms with Gasteiger partial charge in [-0.05, 0) is 18.4 Å². The van der Waals surface area contributed by atoms with Crippen LogP contribution in [0.1, 0.15) is 17.3 Å². The molecule has 14 heavy (non-hydrogen) atoms. The van der Waals surface area contributed by atoms with Crippen LogP contribution in [0, 0.1) is 5.82 Å². The molecule has 0 amide bonds. The lowest BCUT2D eigenvalue weighted by molar-refractivity contribution is 0.101. The fourth-order valence-electron chi connectivity index (χ4n) is 1.51. The Morgan fingerprint density at radius 3 is 2.57 bits per heavy atom. The Morgan fingerprint density at radius 2 is 1.86 bits per heavy atom. The van der Waals surface area contributed by atoms with E-state index < -0.39 is 5.82 Å². The van der Waals surface area contributed by atoms with E-state index in [4.69, 9.17) is 0 Å². The monoisotopic (exact) mass is 188 g/mol. The Labute approximate surface area is 81.2 Å². The van der Waals surface area contributed by atoms with Crippen molar-refractivity contribution in [1.82, 2.24) is 0 Å². The van der Waals surface area contributed by atoms with Crippen LogP contribution in [0.3, 0.4) is 0 Å². The summed E-state index contributed by atoms with van der Waals surface area (Å²) in [6.07, 6.45) is 0. The van der Waals surface area contributed by atoms with Crippen LogP contribution < -0.4 is 0 Å². The molecule has 0 aliphatic heterocycles. The minimum absolute atomic E-state index is 0.156. The number of carbonyl (C=O) groups is 1. The summed E-state index contributed by atoms with van der Waals surface area (Å²) in [6.45, 7) is 1.37. The predicted octanol–water partition coefficient (Wildman–Crippen LogP) is 3.18. The molecule has 2 heteroatoms. The van der Waals surface area contributed by atoms with Crippen molar-refractivity contribution in [2.24, 2.45) is 0 Å². The summed E-state index contributed by atoms with van der Waals surface area (Å²) < 4.78 is 13.7. The van der Waals surface area contributed by atoms with Crippen LogP contribution in [0.25, 0.3) is 10.8 Å². The topological polar surface area (TPSA) is 17.1 Å². The standard InChI is InChI=1S/C12H9FO/c1-8(14)10-7-6-9-4-2-3-5-11(9)12(10)13/h2-7H,1H3. The van der Waals surface area contributed by atoms with E-state index in [-0.39, 0.29) is 11.3 Å². The maximum atomic E-state index is 13.7. The molecule has 2 aromatic carbocycles. The van der Waals surface area contributed by atoms with Crippen LogP contribution in [0.4, 0.5) is 4.39 Å². The molecule has 0 fully saturated rings. The minimum Gasteiger partial charge on any atom is -0.294 e. The van der Waals surface area contributed by atoms with Gasteiger partial charge in [0.05, 0.1) is 5.56 Å². The van der Waals surface area contributed by atoms with Crippen LogP contribution in [0.5, 0.6) is 0 Å². The quantitative estimate of drug-likeness (QED) is 0.628. The molecule has 0 heterocycles. The first kappa shape index (κ1) is 8.88. The van der Waals surface area contributed by atoms with E-state index >= 15 is 0 Å². The zero-order valence-electron chi connectivity index (χ0n) is 7.75. The molecular formula is C12H9FO. The smallest absolute Gasteiger partial charge is 0.162 e. The molecule has 0 aromatic heterocycles. The minimum atomic E-state index is -0.421. The van der Waals surface area contributed by atoms with Crippen LogP contribution in [0.15, 0.2) is 36.4 Å². The SMILES string of the molecule is CC(=O)c1ccc2ccccc2c1F. The van der Waals surface area contributed by atoms with Gasteiger partial charge >= 0.3 is 0 Å². The Bertz CT molecular complexity index is 503. The fraction of sp³-hybridized carbons (Fsp3) is 0.0833. The molecule has 0 unspecified atom stereocenters. The summed E-state index contributed by atoms with van der Waals surface area (Å²) in [4.78, 5) is 11.1. The molecule has 2 rings (SSSR count). The molecule has 0 aliphatic rings. The maximum absolute atomic E-state index is 13.7. The third kappa shape index (κ3) is 1.29.